The molecule has 2 aromatic rings. The van der Waals surface area contributed by atoms with Crippen LogP contribution in [0.2, 0.25) is 0 Å². The number of nitrogens with zero attached hydrogens (tertiary/aromatic N) is 2. The summed E-state index contributed by atoms with van der Waals surface area (Å²) < 4.78 is 10.6. The Balaban J connectivity index is 1.32. The first-order valence-corrected chi connectivity index (χ1v) is 11.4. The number of carbonyl (C=O) groups excluding carboxylic acids is 2. The summed E-state index contributed by atoms with van der Waals surface area (Å²) in [6.45, 7) is 1.76. The van der Waals surface area contributed by atoms with Crippen molar-refractivity contribution in [2.24, 2.45) is 5.92 Å². The lowest BCUT2D eigenvalue weighted by Crippen LogP contribution is -2.68. The third-order valence-electron chi connectivity index (χ3n) is 7.05. The molecule has 2 amide bonds. The number of ether oxygens (including phenoxy) is 1. The van der Waals surface area contributed by atoms with E-state index in [1.54, 1.807) is 13.4 Å². The molecule has 3 heterocycles. The van der Waals surface area contributed by atoms with Gasteiger partial charge in [0.25, 0.3) is 0 Å². The number of furan rings is 1. The maximum Gasteiger partial charge on any atom is 0.242 e. The van der Waals surface area contributed by atoms with Gasteiger partial charge in [-0.3, -0.25) is 15.0 Å². The minimum Gasteiger partial charge on any atom is -0.497 e. The van der Waals surface area contributed by atoms with Gasteiger partial charge in [-0.15, -0.1) is 0 Å². The normalized spacial score (nSPS) is 27.7. The fourth-order valence-corrected chi connectivity index (χ4v) is 5.41. The minimum atomic E-state index is -0.114. The first-order valence-electron chi connectivity index (χ1n) is 11.4. The summed E-state index contributed by atoms with van der Waals surface area (Å²) in [5.41, 5.74) is 4.50. The Kier molecular flexibility index (Phi) is 5.89. The summed E-state index contributed by atoms with van der Waals surface area (Å²) in [5.74, 6) is 1.62. The van der Waals surface area contributed by atoms with Crippen LogP contribution >= 0.6 is 0 Å². The van der Waals surface area contributed by atoms with Crippen LogP contribution in [0.15, 0.2) is 47.1 Å². The monoisotopic (exact) mass is 438 g/mol. The van der Waals surface area contributed by atoms with Crippen LogP contribution in [-0.2, 0) is 22.7 Å². The molecule has 2 aliphatic heterocycles. The topological polar surface area (TPSA) is 87.0 Å². The Hall–Kier alpha value is -2.84. The molecule has 1 saturated carbocycles. The van der Waals surface area contributed by atoms with Gasteiger partial charge in [-0.05, 0) is 55.5 Å². The zero-order valence-corrected chi connectivity index (χ0v) is 18.3. The van der Waals surface area contributed by atoms with E-state index in [9.17, 15) is 9.59 Å². The molecule has 4 unspecified atom stereocenters. The highest BCUT2D eigenvalue weighted by Crippen LogP contribution is 2.38. The molecule has 3 aliphatic rings. The van der Waals surface area contributed by atoms with Crippen molar-refractivity contribution in [3.8, 4) is 5.75 Å². The first kappa shape index (κ1) is 21.0. The van der Waals surface area contributed by atoms with Gasteiger partial charge in [0.1, 0.15) is 17.6 Å². The van der Waals surface area contributed by atoms with Crippen LogP contribution in [-0.4, -0.2) is 53.5 Å². The zero-order chi connectivity index (χ0) is 22.1. The number of hydrogen-bond acceptors (Lipinski definition) is 6. The van der Waals surface area contributed by atoms with Crippen LogP contribution in [0.25, 0.3) is 0 Å². The maximum atomic E-state index is 13.5. The third kappa shape index (κ3) is 4.00. The van der Waals surface area contributed by atoms with Gasteiger partial charge in [0, 0.05) is 31.1 Å². The van der Waals surface area contributed by atoms with Crippen molar-refractivity contribution in [1.29, 1.82) is 0 Å². The molecule has 4 atom stereocenters. The smallest absolute Gasteiger partial charge is 0.242 e. The molecule has 8 heteroatoms. The Bertz CT molecular complexity index is 945. The second kappa shape index (κ2) is 8.96. The average Bonchev–Trinajstić information content (AvgIpc) is 3.53. The second-order valence-corrected chi connectivity index (χ2v) is 8.88. The van der Waals surface area contributed by atoms with Crippen LogP contribution in [0.3, 0.4) is 0 Å². The summed E-state index contributed by atoms with van der Waals surface area (Å²) in [7, 11) is 1.65. The highest BCUT2D eigenvalue weighted by molar-refractivity contribution is 5.84. The molecule has 5 rings (SSSR count). The van der Waals surface area contributed by atoms with E-state index in [4.69, 9.17) is 9.15 Å². The molecule has 2 saturated heterocycles. The SMILES string of the molecule is COc1ccc(CN2C(=O)C3CCNN3C3CCC(C(=O)NCc4ccco4)CC32)cc1. The second-order valence-electron chi connectivity index (χ2n) is 8.88. The number of nitrogens with one attached hydrogen (secondary N) is 2. The van der Waals surface area contributed by atoms with E-state index in [0.717, 1.165) is 42.9 Å². The number of rotatable bonds is 6. The quantitative estimate of drug-likeness (QED) is 0.718. The average molecular weight is 439 g/mol. The number of fused-ring (bicyclic) bond motifs is 3. The molecule has 8 nitrogen and oxygen atoms in total. The molecule has 170 valence electrons. The Morgan fingerprint density at radius 3 is 2.78 bits per heavy atom. The van der Waals surface area contributed by atoms with E-state index >= 15 is 0 Å². The van der Waals surface area contributed by atoms with Gasteiger partial charge in [0.15, 0.2) is 0 Å². The lowest BCUT2D eigenvalue weighted by atomic mass is 9.78. The van der Waals surface area contributed by atoms with E-state index in [1.165, 1.54) is 0 Å². The Morgan fingerprint density at radius 1 is 1.19 bits per heavy atom. The van der Waals surface area contributed by atoms with E-state index in [1.807, 2.05) is 41.3 Å². The van der Waals surface area contributed by atoms with Gasteiger partial charge in [-0.1, -0.05) is 12.1 Å². The van der Waals surface area contributed by atoms with Gasteiger partial charge in [0.05, 0.1) is 19.9 Å². The summed E-state index contributed by atoms with van der Waals surface area (Å²) in [6, 6.07) is 11.7. The van der Waals surface area contributed by atoms with Crippen molar-refractivity contribution in [2.75, 3.05) is 13.7 Å². The van der Waals surface area contributed by atoms with E-state index < -0.39 is 0 Å². The molecule has 0 radical (unpaired) electrons. The van der Waals surface area contributed by atoms with Gasteiger partial charge < -0.3 is 19.4 Å². The predicted molar refractivity (Wildman–Crippen MR) is 117 cm³/mol. The molecule has 3 fully saturated rings. The lowest BCUT2D eigenvalue weighted by Gasteiger charge is -2.51. The predicted octanol–water partition coefficient (Wildman–Crippen LogP) is 2.06. The van der Waals surface area contributed by atoms with E-state index in [-0.39, 0.29) is 35.9 Å². The van der Waals surface area contributed by atoms with Gasteiger partial charge in [-0.25, -0.2) is 5.01 Å². The van der Waals surface area contributed by atoms with Gasteiger partial charge in [-0.2, -0.15) is 0 Å². The molecule has 0 bridgehead atoms. The molecule has 1 aromatic heterocycles. The number of carbonyl (C=O) groups is 2. The standard InChI is InChI=1S/C24H30N4O4/c1-31-18-7-4-16(5-8-18)15-27-22-13-17(23(29)25-14-19-3-2-12-32-19)6-9-20(22)28-21(24(27)30)10-11-26-28/h2-5,7-8,12,17,20-22,26H,6,9-11,13-15H2,1H3,(H,25,29). The van der Waals surface area contributed by atoms with Crippen molar-refractivity contribution >= 4 is 11.8 Å². The first-order chi connectivity index (χ1) is 15.6. The highest BCUT2D eigenvalue weighted by Gasteiger charge is 2.51. The maximum absolute atomic E-state index is 13.5. The molecule has 1 aromatic carbocycles. The number of benzene rings is 1. The number of amides is 2. The number of hydrogen-bond donors (Lipinski definition) is 2. The van der Waals surface area contributed by atoms with Crippen LogP contribution in [0.5, 0.6) is 5.75 Å². The Morgan fingerprint density at radius 2 is 2.03 bits per heavy atom. The van der Waals surface area contributed by atoms with Gasteiger partial charge >= 0.3 is 0 Å². The number of methoxy groups -OCH3 is 1. The summed E-state index contributed by atoms with van der Waals surface area (Å²) in [4.78, 5) is 28.4. The van der Waals surface area contributed by atoms with Crippen molar-refractivity contribution < 1.29 is 18.7 Å². The molecular formula is C24H30N4O4. The van der Waals surface area contributed by atoms with Crippen LogP contribution in [0, 0.1) is 5.92 Å². The van der Waals surface area contributed by atoms with Crippen molar-refractivity contribution in [3.05, 3.63) is 54.0 Å². The zero-order valence-electron chi connectivity index (χ0n) is 18.3. The summed E-state index contributed by atoms with van der Waals surface area (Å²) in [5, 5.41) is 5.18. The van der Waals surface area contributed by atoms with Crippen molar-refractivity contribution in [1.82, 2.24) is 20.7 Å². The largest absolute Gasteiger partial charge is 0.497 e. The van der Waals surface area contributed by atoms with Crippen molar-refractivity contribution in [2.45, 2.75) is 56.9 Å². The van der Waals surface area contributed by atoms with Gasteiger partial charge in [0.2, 0.25) is 11.8 Å². The lowest BCUT2D eigenvalue weighted by molar-refractivity contribution is -0.157. The van der Waals surface area contributed by atoms with E-state index in [2.05, 4.69) is 15.8 Å². The van der Waals surface area contributed by atoms with Crippen LogP contribution in [0.1, 0.15) is 37.0 Å². The molecule has 1 aliphatic carbocycles. The highest BCUT2D eigenvalue weighted by atomic mass is 16.5. The summed E-state index contributed by atoms with van der Waals surface area (Å²) in [6.07, 6.45) is 4.81. The number of hydrazine groups is 1. The fourth-order valence-electron chi connectivity index (χ4n) is 5.41. The molecule has 2 N–H and O–H groups in total. The molecule has 0 spiro atoms. The molecule has 32 heavy (non-hydrogen) atoms. The third-order valence-corrected chi connectivity index (χ3v) is 7.05. The minimum absolute atomic E-state index is 0.000403. The van der Waals surface area contributed by atoms with E-state index in [0.29, 0.717) is 19.5 Å². The van der Waals surface area contributed by atoms with Crippen LogP contribution in [0.4, 0.5) is 0 Å². The fraction of sp³-hybridized carbons (Fsp3) is 0.500. The van der Waals surface area contributed by atoms with Crippen LogP contribution < -0.4 is 15.5 Å². The number of piperazine rings is 1. The molecular weight excluding hydrogens is 408 g/mol. The Labute approximate surface area is 187 Å². The summed E-state index contributed by atoms with van der Waals surface area (Å²) >= 11 is 0. The van der Waals surface area contributed by atoms with Crippen molar-refractivity contribution in [3.63, 3.8) is 0 Å².